The van der Waals surface area contributed by atoms with E-state index in [4.69, 9.17) is 0 Å². The molecule has 0 saturated heterocycles. The molecular weight excluding hydrogens is 289 g/mol. The maximum absolute atomic E-state index is 3.60. The van der Waals surface area contributed by atoms with E-state index in [1.54, 1.807) is 0 Å². The van der Waals surface area contributed by atoms with Crippen molar-refractivity contribution >= 4 is 64.1 Å². The summed E-state index contributed by atoms with van der Waals surface area (Å²) < 4.78 is 0. The second kappa shape index (κ2) is 6.53. The van der Waals surface area contributed by atoms with Crippen LogP contribution in [-0.4, -0.2) is 57.7 Å². The van der Waals surface area contributed by atoms with Gasteiger partial charge in [-0.1, -0.05) is 23.9 Å². The Hall–Kier alpha value is -0.810. The van der Waals surface area contributed by atoms with E-state index >= 15 is 0 Å². The second-order valence-corrected chi connectivity index (χ2v) is 6.40. The van der Waals surface area contributed by atoms with Crippen LogP contribution in [0.25, 0.3) is 0 Å². The van der Waals surface area contributed by atoms with E-state index in [0.717, 1.165) is 0 Å². The van der Waals surface area contributed by atoms with Crippen LogP contribution < -0.4 is 15.1 Å². The van der Waals surface area contributed by atoms with Crippen molar-refractivity contribution in [2.24, 2.45) is 0 Å². The number of fused-ring (bicyclic) bond motifs is 2. The Balaban J connectivity index is 0.00000161. The molecule has 0 unspecified atom stereocenters. The number of nitrogens with zero attached hydrogens (tertiary/aromatic N) is 2. The van der Waals surface area contributed by atoms with E-state index in [9.17, 15) is 0 Å². The zero-order valence-corrected chi connectivity index (χ0v) is 13.1. The topological polar surface area (TPSA) is 18.5 Å². The Morgan fingerprint density at radius 1 is 0.857 bits per heavy atom. The number of rotatable bonds is 2. The number of benzene rings is 2. The molecule has 2 aromatic rings. The molecule has 0 aliphatic carbocycles. The fraction of sp³-hybridized carbons (Fsp3) is 0.250. The van der Waals surface area contributed by atoms with Gasteiger partial charge in [0.25, 0.3) is 0 Å². The van der Waals surface area contributed by atoms with Crippen LogP contribution in [0.4, 0.5) is 22.7 Å². The van der Waals surface area contributed by atoms with Crippen LogP contribution in [0.3, 0.4) is 0 Å². The molecule has 3 rings (SSSR count). The summed E-state index contributed by atoms with van der Waals surface area (Å²) in [4.78, 5) is 6.89. The van der Waals surface area contributed by atoms with Gasteiger partial charge in [0.15, 0.2) is 0 Å². The summed E-state index contributed by atoms with van der Waals surface area (Å²) in [5.74, 6) is 0. The Kier molecular flexibility index (Phi) is 5.15. The first kappa shape index (κ1) is 16.6. The first-order valence-electron chi connectivity index (χ1n) is 6.63. The Morgan fingerprint density at radius 3 is 2.24 bits per heavy atom. The molecule has 0 spiro atoms. The van der Waals surface area contributed by atoms with Crippen molar-refractivity contribution < 1.29 is 0 Å². The zero-order valence-electron chi connectivity index (χ0n) is 12.3. The summed E-state index contributed by atoms with van der Waals surface area (Å²) in [5, 5.41) is 3.60. The SMILES string of the molecule is CN(C)c1ccc2c(c1N(C)C)Nc1ccccc1S2.[NaH]. The van der Waals surface area contributed by atoms with E-state index in [0.29, 0.717) is 0 Å². The van der Waals surface area contributed by atoms with E-state index in [1.165, 1.54) is 32.5 Å². The molecule has 0 aromatic heterocycles. The molecule has 106 valence electrons. The number of hydrogen-bond acceptors (Lipinski definition) is 4. The number of para-hydroxylation sites is 1. The van der Waals surface area contributed by atoms with E-state index < -0.39 is 0 Å². The number of hydrogen-bond donors (Lipinski definition) is 1. The molecule has 0 fully saturated rings. The average Bonchev–Trinajstić information content (AvgIpc) is 2.43. The zero-order chi connectivity index (χ0) is 14.3. The number of nitrogens with one attached hydrogen (secondary N) is 1. The normalized spacial score (nSPS) is 11.6. The minimum atomic E-state index is 0. The predicted molar refractivity (Wildman–Crippen MR) is 96.1 cm³/mol. The van der Waals surface area contributed by atoms with Gasteiger partial charge in [-0.25, -0.2) is 0 Å². The van der Waals surface area contributed by atoms with Gasteiger partial charge in [0.05, 0.1) is 22.7 Å². The molecule has 0 bridgehead atoms. The van der Waals surface area contributed by atoms with Crippen molar-refractivity contribution in [1.82, 2.24) is 0 Å². The molecular formula is C16H20N3NaS. The fourth-order valence-electron chi connectivity index (χ4n) is 2.49. The van der Waals surface area contributed by atoms with Crippen molar-refractivity contribution in [3.8, 4) is 0 Å². The summed E-state index contributed by atoms with van der Waals surface area (Å²) in [5.41, 5.74) is 4.84. The van der Waals surface area contributed by atoms with E-state index in [-0.39, 0.29) is 29.6 Å². The second-order valence-electron chi connectivity index (χ2n) is 5.32. The summed E-state index contributed by atoms with van der Waals surface area (Å²) in [7, 11) is 8.35. The average molecular weight is 309 g/mol. The first-order valence-corrected chi connectivity index (χ1v) is 7.45. The van der Waals surface area contributed by atoms with Crippen LogP contribution in [0.2, 0.25) is 0 Å². The molecule has 0 radical (unpaired) electrons. The molecule has 2 aromatic carbocycles. The third kappa shape index (κ3) is 3.04. The summed E-state index contributed by atoms with van der Waals surface area (Å²) in [6.45, 7) is 0. The third-order valence-electron chi connectivity index (χ3n) is 3.41. The van der Waals surface area contributed by atoms with Gasteiger partial charge in [0.2, 0.25) is 0 Å². The van der Waals surface area contributed by atoms with Crippen LogP contribution in [0, 0.1) is 0 Å². The van der Waals surface area contributed by atoms with Gasteiger partial charge in [-0.05, 0) is 24.3 Å². The summed E-state index contributed by atoms with van der Waals surface area (Å²) in [6.07, 6.45) is 0. The van der Waals surface area contributed by atoms with Crippen molar-refractivity contribution in [3.05, 3.63) is 36.4 Å². The van der Waals surface area contributed by atoms with Crippen LogP contribution >= 0.6 is 11.8 Å². The predicted octanol–water partition coefficient (Wildman–Crippen LogP) is 3.38. The Labute approximate surface area is 153 Å². The number of anilines is 4. The molecule has 3 nitrogen and oxygen atoms in total. The Morgan fingerprint density at radius 2 is 1.57 bits per heavy atom. The van der Waals surface area contributed by atoms with Crippen molar-refractivity contribution in [2.45, 2.75) is 9.79 Å². The fourth-order valence-corrected chi connectivity index (χ4v) is 3.49. The van der Waals surface area contributed by atoms with Gasteiger partial charge < -0.3 is 15.1 Å². The molecule has 0 amide bonds. The van der Waals surface area contributed by atoms with Gasteiger partial charge in [-0.3, -0.25) is 0 Å². The molecule has 1 aliphatic rings. The first-order chi connectivity index (χ1) is 9.58. The Bertz CT molecular complexity index is 656. The van der Waals surface area contributed by atoms with Gasteiger partial charge >= 0.3 is 29.6 Å². The summed E-state index contributed by atoms with van der Waals surface area (Å²) >= 11 is 1.83. The quantitative estimate of drug-likeness (QED) is 0.731. The summed E-state index contributed by atoms with van der Waals surface area (Å²) in [6, 6.07) is 12.8. The third-order valence-corrected chi connectivity index (χ3v) is 4.55. The molecule has 0 saturated carbocycles. The minimum absolute atomic E-state index is 0. The molecule has 5 heteroatoms. The van der Waals surface area contributed by atoms with Crippen molar-refractivity contribution in [1.29, 1.82) is 0 Å². The van der Waals surface area contributed by atoms with Crippen LogP contribution in [0.15, 0.2) is 46.2 Å². The standard InChI is InChI=1S/C16H19N3S.Na.H/c1-18(2)12-9-10-14-15(16(12)19(3)4)17-11-7-5-6-8-13(11)20-14;;/h5-10,17H,1-4H3;;. The molecule has 0 atom stereocenters. The maximum atomic E-state index is 3.60. The van der Waals surface area contributed by atoms with Gasteiger partial charge in [-0.2, -0.15) is 0 Å². The molecule has 1 heterocycles. The van der Waals surface area contributed by atoms with E-state index in [2.05, 4.69) is 79.7 Å². The van der Waals surface area contributed by atoms with Crippen LogP contribution in [0.5, 0.6) is 0 Å². The molecule has 1 N–H and O–H groups in total. The monoisotopic (exact) mass is 309 g/mol. The van der Waals surface area contributed by atoms with Crippen molar-refractivity contribution in [2.75, 3.05) is 43.3 Å². The van der Waals surface area contributed by atoms with Gasteiger partial charge in [0, 0.05) is 38.0 Å². The molecule has 21 heavy (non-hydrogen) atoms. The van der Waals surface area contributed by atoms with Gasteiger partial charge in [-0.15, -0.1) is 0 Å². The van der Waals surface area contributed by atoms with Gasteiger partial charge in [0.1, 0.15) is 0 Å². The molecule has 1 aliphatic heterocycles. The van der Waals surface area contributed by atoms with Crippen LogP contribution in [0.1, 0.15) is 0 Å². The van der Waals surface area contributed by atoms with E-state index in [1.807, 2.05) is 11.8 Å². The van der Waals surface area contributed by atoms with Crippen LogP contribution in [-0.2, 0) is 0 Å². The van der Waals surface area contributed by atoms with Crippen molar-refractivity contribution in [3.63, 3.8) is 0 Å².